The standard InChI is InChI=1S/C20H22O6S/c1-22-14-9-17(24-3)15(18(10-14)25-4)7-5-6-13-8-19-20(11-16(13)23-2)27(21)12-26-19/h5,7-11H,6,12H2,1-4H3/b7-5+. The molecule has 0 aromatic heterocycles. The lowest BCUT2D eigenvalue weighted by Gasteiger charge is -2.13. The van der Waals surface area contributed by atoms with E-state index in [-0.39, 0.29) is 5.94 Å². The molecule has 2 aromatic rings. The molecule has 0 amide bonds. The van der Waals surface area contributed by atoms with E-state index in [2.05, 4.69) is 0 Å². The molecule has 0 saturated heterocycles. The van der Waals surface area contributed by atoms with E-state index in [4.69, 9.17) is 23.7 Å². The first-order chi connectivity index (χ1) is 13.1. The third-order valence-corrected chi connectivity index (χ3v) is 5.43. The lowest BCUT2D eigenvalue weighted by Crippen LogP contribution is -1.95. The Morgan fingerprint density at radius 3 is 2.22 bits per heavy atom. The van der Waals surface area contributed by atoms with Crippen molar-refractivity contribution in [2.75, 3.05) is 34.4 Å². The summed E-state index contributed by atoms with van der Waals surface area (Å²) in [5, 5.41) is 0. The summed E-state index contributed by atoms with van der Waals surface area (Å²) in [4.78, 5) is 0.679. The Morgan fingerprint density at radius 2 is 1.63 bits per heavy atom. The minimum atomic E-state index is -1.13. The van der Waals surface area contributed by atoms with E-state index in [1.54, 1.807) is 46.6 Å². The van der Waals surface area contributed by atoms with Gasteiger partial charge in [-0.15, -0.1) is 0 Å². The van der Waals surface area contributed by atoms with Crippen LogP contribution in [-0.2, 0) is 17.2 Å². The Kier molecular flexibility index (Phi) is 5.91. The second kappa shape index (κ2) is 8.35. The Labute approximate surface area is 161 Å². The number of ether oxygens (including phenoxy) is 5. The number of rotatable bonds is 7. The fourth-order valence-electron chi connectivity index (χ4n) is 2.90. The van der Waals surface area contributed by atoms with Crippen LogP contribution in [0.15, 0.2) is 35.2 Å². The quantitative estimate of drug-likeness (QED) is 0.722. The van der Waals surface area contributed by atoms with E-state index in [1.807, 2.05) is 18.2 Å². The van der Waals surface area contributed by atoms with Crippen molar-refractivity contribution in [2.24, 2.45) is 0 Å². The molecule has 1 aliphatic heterocycles. The van der Waals surface area contributed by atoms with Crippen LogP contribution in [0.25, 0.3) is 6.08 Å². The van der Waals surface area contributed by atoms with Gasteiger partial charge in [0.2, 0.25) is 0 Å². The highest BCUT2D eigenvalue weighted by Crippen LogP contribution is 2.37. The summed E-state index contributed by atoms with van der Waals surface area (Å²) in [6.07, 6.45) is 4.52. The molecule has 1 heterocycles. The van der Waals surface area contributed by atoms with Crippen LogP contribution in [0.1, 0.15) is 11.1 Å². The summed E-state index contributed by atoms with van der Waals surface area (Å²) in [6.45, 7) is 0. The van der Waals surface area contributed by atoms with Gasteiger partial charge >= 0.3 is 0 Å². The number of methoxy groups -OCH3 is 4. The van der Waals surface area contributed by atoms with Crippen LogP contribution in [0.4, 0.5) is 0 Å². The van der Waals surface area contributed by atoms with Crippen molar-refractivity contribution in [3.05, 3.63) is 41.5 Å². The lowest BCUT2D eigenvalue weighted by atomic mass is 10.1. The van der Waals surface area contributed by atoms with Crippen molar-refractivity contribution < 1.29 is 27.9 Å². The van der Waals surface area contributed by atoms with Crippen LogP contribution < -0.4 is 23.7 Å². The number of hydrogen-bond donors (Lipinski definition) is 0. The summed E-state index contributed by atoms with van der Waals surface area (Å²) < 4.78 is 39.0. The average Bonchev–Trinajstić information content (AvgIpc) is 3.06. The third kappa shape index (κ3) is 3.88. The van der Waals surface area contributed by atoms with E-state index < -0.39 is 10.8 Å². The van der Waals surface area contributed by atoms with Crippen molar-refractivity contribution >= 4 is 16.9 Å². The SMILES string of the molecule is COc1cc(OC)c(/C=C/Cc2cc3c(cc2OC)S(=O)CO3)c(OC)c1. The van der Waals surface area contributed by atoms with Gasteiger partial charge in [0.15, 0.2) is 5.94 Å². The highest BCUT2D eigenvalue weighted by Gasteiger charge is 2.22. The first-order valence-electron chi connectivity index (χ1n) is 8.29. The van der Waals surface area contributed by atoms with Crippen molar-refractivity contribution in [1.29, 1.82) is 0 Å². The molecule has 0 saturated carbocycles. The number of hydrogen-bond acceptors (Lipinski definition) is 6. The van der Waals surface area contributed by atoms with Gasteiger partial charge in [-0.2, -0.15) is 0 Å². The van der Waals surface area contributed by atoms with E-state index in [1.165, 1.54) is 0 Å². The van der Waals surface area contributed by atoms with Gasteiger partial charge in [-0.1, -0.05) is 12.2 Å². The first kappa shape index (κ1) is 19.1. The van der Waals surface area contributed by atoms with Crippen LogP contribution in [0.2, 0.25) is 0 Å². The molecule has 6 nitrogen and oxygen atoms in total. The molecule has 0 N–H and O–H groups in total. The summed E-state index contributed by atoms with van der Waals surface area (Å²) >= 11 is 0. The Bertz CT molecular complexity index is 865. The minimum Gasteiger partial charge on any atom is -0.496 e. The van der Waals surface area contributed by atoms with Crippen LogP contribution in [0.5, 0.6) is 28.7 Å². The lowest BCUT2D eigenvalue weighted by molar-refractivity contribution is 0.374. The molecular formula is C20H22O6S. The van der Waals surface area contributed by atoms with Crippen LogP contribution in [0.3, 0.4) is 0 Å². The maximum Gasteiger partial charge on any atom is 0.167 e. The molecule has 3 rings (SSSR count). The van der Waals surface area contributed by atoms with Gasteiger partial charge in [-0.25, -0.2) is 0 Å². The Hall–Kier alpha value is -2.67. The summed E-state index contributed by atoms with van der Waals surface area (Å²) in [5.41, 5.74) is 1.76. The molecule has 0 fully saturated rings. The molecule has 0 bridgehead atoms. The van der Waals surface area contributed by atoms with Gasteiger partial charge < -0.3 is 23.7 Å². The molecule has 7 heteroatoms. The van der Waals surface area contributed by atoms with Crippen LogP contribution >= 0.6 is 0 Å². The number of benzene rings is 2. The summed E-state index contributed by atoms with van der Waals surface area (Å²) in [6, 6.07) is 7.28. The van der Waals surface area contributed by atoms with Crippen molar-refractivity contribution in [1.82, 2.24) is 0 Å². The molecule has 0 aliphatic carbocycles. The van der Waals surface area contributed by atoms with Crippen molar-refractivity contribution in [2.45, 2.75) is 11.3 Å². The van der Waals surface area contributed by atoms with Crippen molar-refractivity contribution in [3.8, 4) is 28.7 Å². The minimum absolute atomic E-state index is 0.192. The van der Waals surface area contributed by atoms with Gasteiger partial charge in [0, 0.05) is 23.8 Å². The summed E-state index contributed by atoms with van der Waals surface area (Å²) in [5.74, 6) is 3.50. The second-order valence-corrected chi connectivity index (χ2v) is 7.14. The molecule has 27 heavy (non-hydrogen) atoms. The molecule has 1 atom stereocenters. The molecular weight excluding hydrogens is 368 g/mol. The Balaban J connectivity index is 1.89. The van der Waals surface area contributed by atoms with Gasteiger partial charge in [-0.05, 0) is 12.5 Å². The first-order valence-corrected chi connectivity index (χ1v) is 9.61. The van der Waals surface area contributed by atoms with Gasteiger partial charge in [-0.3, -0.25) is 4.21 Å². The maximum absolute atomic E-state index is 11.9. The van der Waals surface area contributed by atoms with Crippen LogP contribution in [0, 0.1) is 0 Å². The highest BCUT2D eigenvalue weighted by atomic mass is 32.2. The van der Waals surface area contributed by atoms with Gasteiger partial charge in [0.1, 0.15) is 28.7 Å². The monoisotopic (exact) mass is 390 g/mol. The zero-order valence-electron chi connectivity index (χ0n) is 15.7. The molecule has 1 unspecified atom stereocenters. The van der Waals surface area contributed by atoms with Gasteiger partial charge in [0.25, 0.3) is 0 Å². The molecule has 0 radical (unpaired) electrons. The largest absolute Gasteiger partial charge is 0.496 e. The van der Waals surface area contributed by atoms with Crippen LogP contribution in [-0.4, -0.2) is 38.6 Å². The van der Waals surface area contributed by atoms with E-state index in [0.717, 1.165) is 11.1 Å². The second-order valence-electron chi connectivity index (χ2n) is 5.77. The average molecular weight is 390 g/mol. The number of allylic oxidation sites excluding steroid dienone is 1. The predicted octanol–water partition coefficient (Wildman–Crippen LogP) is 3.43. The van der Waals surface area contributed by atoms with Crippen molar-refractivity contribution in [3.63, 3.8) is 0 Å². The molecule has 1 aliphatic rings. The normalized spacial score (nSPS) is 15.3. The predicted molar refractivity (Wildman–Crippen MR) is 104 cm³/mol. The zero-order chi connectivity index (χ0) is 19.4. The highest BCUT2D eigenvalue weighted by molar-refractivity contribution is 7.85. The molecule has 2 aromatic carbocycles. The maximum atomic E-state index is 11.9. The smallest absolute Gasteiger partial charge is 0.167 e. The van der Waals surface area contributed by atoms with E-state index >= 15 is 0 Å². The van der Waals surface area contributed by atoms with E-state index in [9.17, 15) is 4.21 Å². The number of fused-ring (bicyclic) bond motifs is 1. The third-order valence-electron chi connectivity index (χ3n) is 4.29. The van der Waals surface area contributed by atoms with E-state index in [0.29, 0.717) is 40.1 Å². The van der Waals surface area contributed by atoms with Gasteiger partial charge in [0.05, 0.1) is 49.7 Å². The molecule has 144 valence electrons. The topological polar surface area (TPSA) is 63.2 Å². The summed E-state index contributed by atoms with van der Waals surface area (Å²) in [7, 11) is 5.27. The zero-order valence-corrected chi connectivity index (χ0v) is 16.6. The fraction of sp³-hybridized carbons (Fsp3) is 0.300. The molecule has 0 spiro atoms. The Morgan fingerprint density at radius 1 is 0.963 bits per heavy atom. The fourth-order valence-corrected chi connectivity index (χ4v) is 3.85.